The lowest BCUT2D eigenvalue weighted by molar-refractivity contribution is 0.0763. The smallest absolute Gasteiger partial charge is 0.253 e. The molecule has 0 saturated carbocycles. The summed E-state index contributed by atoms with van der Waals surface area (Å²) in [5.41, 5.74) is 8.51. The molecule has 0 spiro atoms. The summed E-state index contributed by atoms with van der Waals surface area (Å²) in [7, 11) is 4.01. The van der Waals surface area contributed by atoms with E-state index in [0.29, 0.717) is 13.1 Å². The van der Waals surface area contributed by atoms with Gasteiger partial charge in [-0.2, -0.15) is 0 Å². The van der Waals surface area contributed by atoms with Crippen LogP contribution >= 0.6 is 0 Å². The second-order valence-corrected chi connectivity index (χ2v) is 4.92. The molecule has 0 saturated heterocycles. The molecule has 0 atom stereocenters. The van der Waals surface area contributed by atoms with Gasteiger partial charge in [0.25, 0.3) is 5.91 Å². The first-order chi connectivity index (χ1) is 9.01. The first-order valence-corrected chi connectivity index (χ1v) is 6.78. The van der Waals surface area contributed by atoms with Crippen molar-refractivity contribution in [3.05, 3.63) is 29.3 Å². The molecule has 1 aromatic rings. The molecular weight excluding hydrogens is 238 g/mol. The number of anilines is 1. The highest BCUT2D eigenvalue weighted by atomic mass is 16.2. The standard InChI is InChI=1S/C15H25N3O/c1-5-18(10-6-9-16)15(19)13-7-8-14(17(3)4)12(2)11-13/h7-8,11H,5-6,9-10,16H2,1-4H3. The summed E-state index contributed by atoms with van der Waals surface area (Å²) in [6.45, 7) is 6.08. The van der Waals surface area contributed by atoms with Gasteiger partial charge in [-0.3, -0.25) is 4.79 Å². The maximum absolute atomic E-state index is 12.4. The number of amides is 1. The van der Waals surface area contributed by atoms with Gasteiger partial charge in [-0.1, -0.05) is 0 Å². The Morgan fingerprint density at radius 1 is 1.32 bits per heavy atom. The number of nitrogens with two attached hydrogens (primary N) is 1. The molecule has 106 valence electrons. The SMILES string of the molecule is CCN(CCCN)C(=O)c1ccc(N(C)C)c(C)c1. The molecule has 0 aromatic heterocycles. The fraction of sp³-hybridized carbons (Fsp3) is 0.533. The lowest BCUT2D eigenvalue weighted by Crippen LogP contribution is -2.32. The van der Waals surface area contributed by atoms with Crippen LogP contribution in [0.3, 0.4) is 0 Å². The van der Waals surface area contributed by atoms with E-state index in [9.17, 15) is 4.79 Å². The highest BCUT2D eigenvalue weighted by Crippen LogP contribution is 2.20. The van der Waals surface area contributed by atoms with Gasteiger partial charge in [0, 0.05) is 38.4 Å². The van der Waals surface area contributed by atoms with Crippen LogP contribution in [-0.2, 0) is 0 Å². The number of aryl methyl sites for hydroxylation is 1. The van der Waals surface area contributed by atoms with Gasteiger partial charge in [-0.15, -0.1) is 0 Å². The van der Waals surface area contributed by atoms with Crippen LogP contribution in [0, 0.1) is 6.92 Å². The second-order valence-electron chi connectivity index (χ2n) is 4.92. The summed E-state index contributed by atoms with van der Waals surface area (Å²) in [6, 6.07) is 5.86. The van der Waals surface area contributed by atoms with Gasteiger partial charge < -0.3 is 15.5 Å². The van der Waals surface area contributed by atoms with E-state index in [4.69, 9.17) is 5.73 Å². The van der Waals surface area contributed by atoms with Crippen LogP contribution in [0.1, 0.15) is 29.3 Å². The summed E-state index contributed by atoms with van der Waals surface area (Å²) in [6.07, 6.45) is 0.842. The summed E-state index contributed by atoms with van der Waals surface area (Å²) in [4.78, 5) is 16.3. The van der Waals surface area contributed by atoms with E-state index in [1.807, 2.05) is 51.0 Å². The topological polar surface area (TPSA) is 49.6 Å². The van der Waals surface area contributed by atoms with Crippen molar-refractivity contribution in [1.29, 1.82) is 0 Å². The molecule has 2 N–H and O–H groups in total. The lowest BCUT2D eigenvalue weighted by atomic mass is 10.1. The minimum absolute atomic E-state index is 0.0874. The Morgan fingerprint density at radius 3 is 2.47 bits per heavy atom. The molecule has 1 amide bonds. The Kier molecular flexibility index (Phi) is 5.83. The number of nitrogens with zero attached hydrogens (tertiary/aromatic N) is 2. The average molecular weight is 263 g/mol. The summed E-state index contributed by atoms with van der Waals surface area (Å²) < 4.78 is 0. The van der Waals surface area contributed by atoms with Crippen molar-refractivity contribution in [1.82, 2.24) is 4.90 Å². The quantitative estimate of drug-likeness (QED) is 0.852. The Bertz CT molecular complexity index is 429. The van der Waals surface area contributed by atoms with E-state index in [0.717, 1.165) is 29.8 Å². The molecular formula is C15H25N3O. The molecule has 1 rings (SSSR count). The van der Waals surface area contributed by atoms with Crippen molar-refractivity contribution in [3.63, 3.8) is 0 Å². The predicted molar refractivity (Wildman–Crippen MR) is 80.8 cm³/mol. The molecule has 19 heavy (non-hydrogen) atoms. The first-order valence-electron chi connectivity index (χ1n) is 6.78. The average Bonchev–Trinajstić information content (AvgIpc) is 2.38. The maximum Gasteiger partial charge on any atom is 0.253 e. The number of rotatable bonds is 6. The zero-order valence-corrected chi connectivity index (χ0v) is 12.4. The molecule has 0 radical (unpaired) electrons. The van der Waals surface area contributed by atoms with Crippen LogP contribution in [0.15, 0.2) is 18.2 Å². The zero-order chi connectivity index (χ0) is 14.4. The van der Waals surface area contributed by atoms with Crippen LogP contribution in [0.25, 0.3) is 0 Å². The predicted octanol–water partition coefficient (Wildman–Crippen LogP) is 1.87. The van der Waals surface area contributed by atoms with E-state index in [2.05, 4.69) is 4.90 Å². The number of hydrogen-bond donors (Lipinski definition) is 1. The Morgan fingerprint density at radius 2 is 2.00 bits per heavy atom. The van der Waals surface area contributed by atoms with Gasteiger partial charge in [0.1, 0.15) is 0 Å². The largest absolute Gasteiger partial charge is 0.377 e. The Hall–Kier alpha value is -1.55. The minimum Gasteiger partial charge on any atom is -0.377 e. The van der Waals surface area contributed by atoms with Gasteiger partial charge in [-0.05, 0) is 50.6 Å². The Labute approximate surface area is 116 Å². The lowest BCUT2D eigenvalue weighted by Gasteiger charge is -2.22. The van der Waals surface area contributed by atoms with E-state index in [-0.39, 0.29) is 5.91 Å². The van der Waals surface area contributed by atoms with Crippen LogP contribution < -0.4 is 10.6 Å². The Balaban J connectivity index is 2.90. The van der Waals surface area contributed by atoms with Gasteiger partial charge in [0.15, 0.2) is 0 Å². The fourth-order valence-electron chi connectivity index (χ4n) is 2.16. The summed E-state index contributed by atoms with van der Waals surface area (Å²) >= 11 is 0. The van der Waals surface area contributed by atoms with Crippen LogP contribution in [0.5, 0.6) is 0 Å². The van der Waals surface area contributed by atoms with Gasteiger partial charge in [-0.25, -0.2) is 0 Å². The highest BCUT2D eigenvalue weighted by molar-refractivity contribution is 5.95. The van der Waals surface area contributed by atoms with Crippen molar-refractivity contribution < 1.29 is 4.79 Å². The number of carbonyl (C=O) groups is 1. The van der Waals surface area contributed by atoms with E-state index in [1.54, 1.807) is 0 Å². The molecule has 1 aromatic carbocycles. The van der Waals surface area contributed by atoms with Crippen LogP contribution in [0.4, 0.5) is 5.69 Å². The molecule has 0 aliphatic rings. The molecule has 4 heteroatoms. The van der Waals surface area contributed by atoms with Gasteiger partial charge in [0.05, 0.1) is 0 Å². The molecule has 0 fully saturated rings. The number of benzene rings is 1. The third-order valence-electron chi connectivity index (χ3n) is 3.23. The summed E-state index contributed by atoms with van der Waals surface area (Å²) in [5.74, 6) is 0.0874. The molecule has 4 nitrogen and oxygen atoms in total. The van der Waals surface area contributed by atoms with Crippen molar-refractivity contribution in [2.45, 2.75) is 20.3 Å². The zero-order valence-electron chi connectivity index (χ0n) is 12.4. The molecule has 0 heterocycles. The van der Waals surface area contributed by atoms with E-state index >= 15 is 0 Å². The third-order valence-corrected chi connectivity index (χ3v) is 3.23. The van der Waals surface area contributed by atoms with Crippen molar-refractivity contribution in [2.24, 2.45) is 5.73 Å². The first kappa shape index (κ1) is 15.5. The molecule has 0 unspecified atom stereocenters. The monoisotopic (exact) mass is 263 g/mol. The minimum atomic E-state index is 0.0874. The number of hydrogen-bond acceptors (Lipinski definition) is 3. The van der Waals surface area contributed by atoms with Crippen molar-refractivity contribution >= 4 is 11.6 Å². The van der Waals surface area contributed by atoms with E-state index in [1.165, 1.54) is 0 Å². The normalized spacial score (nSPS) is 10.4. The maximum atomic E-state index is 12.4. The van der Waals surface area contributed by atoms with Crippen molar-refractivity contribution in [3.8, 4) is 0 Å². The van der Waals surface area contributed by atoms with Crippen LogP contribution in [-0.4, -0.2) is 44.5 Å². The highest BCUT2D eigenvalue weighted by Gasteiger charge is 2.14. The summed E-state index contributed by atoms with van der Waals surface area (Å²) in [5, 5.41) is 0. The van der Waals surface area contributed by atoms with Gasteiger partial charge in [0.2, 0.25) is 0 Å². The third kappa shape index (κ3) is 3.96. The molecule has 0 aliphatic heterocycles. The fourth-order valence-corrected chi connectivity index (χ4v) is 2.16. The van der Waals surface area contributed by atoms with Crippen molar-refractivity contribution in [2.75, 3.05) is 38.6 Å². The van der Waals surface area contributed by atoms with E-state index < -0.39 is 0 Å². The molecule has 0 aliphatic carbocycles. The number of carbonyl (C=O) groups excluding carboxylic acids is 1. The second kappa shape index (κ2) is 7.14. The van der Waals surface area contributed by atoms with Crippen LogP contribution in [0.2, 0.25) is 0 Å². The van der Waals surface area contributed by atoms with Gasteiger partial charge >= 0.3 is 0 Å². The molecule has 0 bridgehead atoms.